The SMILES string of the molecule is COc1ccc(C(=O)C[n+]2cc(-c3ccc(Cl)c(Cl)c3)n3c2CCC3)cc1OC.[Br-]. The monoisotopic (exact) mass is 510 g/mol. The van der Waals surface area contributed by atoms with Gasteiger partial charge in [-0.05, 0) is 42.8 Å². The second-order valence-electron chi connectivity index (χ2n) is 6.94. The normalized spacial score (nSPS) is 12.3. The van der Waals surface area contributed by atoms with E-state index < -0.39 is 0 Å². The molecule has 0 aliphatic carbocycles. The Balaban J connectivity index is 0.00000256. The van der Waals surface area contributed by atoms with Crippen molar-refractivity contribution < 1.29 is 35.8 Å². The maximum Gasteiger partial charge on any atom is 0.257 e. The molecule has 30 heavy (non-hydrogen) atoms. The molecule has 8 heteroatoms. The van der Waals surface area contributed by atoms with Gasteiger partial charge in [-0.25, -0.2) is 9.13 Å². The predicted octanol–water partition coefficient (Wildman–Crippen LogP) is 1.60. The molecule has 0 N–H and O–H groups in total. The highest BCUT2D eigenvalue weighted by Gasteiger charge is 2.30. The predicted molar refractivity (Wildman–Crippen MR) is 112 cm³/mol. The Morgan fingerprint density at radius 3 is 2.53 bits per heavy atom. The quantitative estimate of drug-likeness (QED) is 0.373. The van der Waals surface area contributed by atoms with Gasteiger partial charge in [0.15, 0.2) is 23.7 Å². The number of nitrogens with zero attached hydrogens (tertiary/aromatic N) is 2. The number of hydrogen-bond donors (Lipinski definition) is 0. The number of imidazole rings is 1. The first-order chi connectivity index (χ1) is 14.0. The van der Waals surface area contributed by atoms with Crippen LogP contribution in [0.25, 0.3) is 11.3 Å². The molecule has 2 aromatic carbocycles. The molecular formula is C22H21BrCl2N2O3. The third kappa shape index (κ3) is 4.22. The average Bonchev–Trinajstić information content (AvgIpc) is 3.33. The second-order valence-corrected chi connectivity index (χ2v) is 7.75. The van der Waals surface area contributed by atoms with Crippen LogP contribution in [0.3, 0.4) is 0 Å². The van der Waals surface area contributed by atoms with E-state index in [1.165, 1.54) is 0 Å². The summed E-state index contributed by atoms with van der Waals surface area (Å²) < 4.78 is 14.9. The van der Waals surface area contributed by atoms with Crippen LogP contribution in [0, 0.1) is 0 Å². The Labute approximate surface area is 195 Å². The topological polar surface area (TPSA) is 44.3 Å². The zero-order valence-electron chi connectivity index (χ0n) is 16.6. The zero-order valence-corrected chi connectivity index (χ0v) is 19.7. The fourth-order valence-electron chi connectivity index (χ4n) is 3.79. The molecule has 2 heterocycles. The third-order valence-corrected chi connectivity index (χ3v) is 5.97. The fourth-order valence-corrected chi connectivity index (χ4v) is 4.09. The number of rotatable bonds is 6. The summed E-state index contributed by atoms with van der Waals surface area (Å²) in [6, 6.07) is 10.9. The largest absolute Gasteiger partial charge is 1.00 e. The van der Waals surface area contributed by atoms with Gasteiger partial charge >= 0.3 is 0 Å². The molecule has 0 saturated carbocycles. The van der Waals surface area contributed by atoms with E-state index in [0.29, 0.717) is 27.1 Å². The number of ketones is 1. The van der Waals surface area contributed by atoms with Crippen molar-refractivity contribution in [2.45, 2.75) is 25.9 Å². The lowest BCUT2D eigenvalue weighted by Gasteiger charge is -2.08. The number of methoxy groups -OCH3 is 2. The minimum Gasteiger partial charge on any atom is -1.00 e. The van der Waals surface area contributed by atoms with Gasteiger partial charge in [-0.3, -0.25) is 4.79 Å². The summed E-state index contributed by atoms with van der Waals surface area (Å²) in [5, 5.41) is 1.05. The molecule has 0 unspecified atom stereocenters. The molecule has 0 saturated heterocycles. The van der Waals surface area contributed by atoms with Gasteiger partial charge in [-0.2, -0.15) is 0 Å². The molecule has 0 fully saturated rings. The summed E-state index contributed by atoms with van der Waals surface area (Å²) in [5.74, 6) is 2.29. The van der Waals surface area contributed by atoms with Crippen molar-refractivity contribution >= 4 is 29.0 Å². The van der Waals surface area contributed by atoms with Crippen LogP contribution in [0.1, 0.15) is 22.6 Å². The van der Waals surface area contributed by atoms with Crippen LogP contribution in [-0.2, 0) is 19.5 Å². The highest BCUT2D eigenvalue weighted by Crippen LogP contribution is 2.31. The van der Waals surface area contributed by atoms with Crippen molar-refractivity contribution in [2.75, 3.05) is 14.2 Å². The standard InChI is InChI=1S/C22H21Cl2N2O3.BrH/c1-28-20-8-6-15(11-21(20)29-2)19(27)13-25-12-18(26-9-3-4-22(25)26)14-5-7-16(23)17(24)10-14;/h5-8,10-12H,3-4,9,13H2,1-2H3;1H/q+1;/p-1. The van der Waals surface area contributed by atoms with Gasteiger partial charge in [0.1, 0.15) is 6.20 Å². The van der Waals surface area contributed by atoms with E-state index in [1.807, 2.05) is 22.9 Å². The van der Waals surface area contributed by atoms with Gasteiger partial charge in [-0.15, -0.1) is 0 Å². The Kier molecular flexibility index (Phi) is 7.11. The Morgan fingerprint density at radius 2 is 1.83 bits per heavy atom. The Morgan fingerprint density at radius 1 is 1.07 bits per heavy atom. The van der Waals surface area contributed by atoms with Gasteiger partial charge in [0, 0.05) is 11.1 Å². The number of benzene rings is 2. The molecule has 0 atom stereocenters. The number of hydrogen-bond acceptors (Lipinski definition) is 3. The highest BCUT2D eigenvalue weighted by atomic mass is 79.9. The highest BCUT2D eigenvalue weighted by molar-refractivity contribution is 6.42. The molecule has 0 spiro atoms. The molecule has 0 radical (unpaired) electrons. The third-order valence-electron chi connectivity index (χ3n) is 5.23. The summed E-state index contributed by atoms with van der Waals surface area (Å²) in [7, 11) is 3.13. The lowest BCUT2D eigenvalue weighted by Crippen LogP contribution is -3.00. The summed E-state index contributed by atoms with van der Waals surface area (Å²) in [6.07, 6.45) is 4.00. The van der Waals surface area contributed by atoms with E-state index in [-0.39, 0.29) is 29.3 Å². The van der Waals surface area contributed by atoms with E-state index in [0.717, 1.165) is 36.5 Å². The first kappa shape index (κ1) is 22.7. The molecule has 5 nitrogen and oxygen atoms in total. The molecule has 158 valence electrons. The molecule has 1 aromatic heterocycles. The molecule has 1 aliphatic heterocycles. The number of fused-ring (bicyclic) bond motifs is 1. The van der Waals surface area contributed by atoms with Gasteiger partial charge < -0.3 is 26.5 Å². The van der Waals surface area contributed by atoms with Crippen LogP contribution in [0.2, 0.25) is 10.0 Å². The smallest absolute Gasteiger partial charge is 0.257 e. The number of halogens is 3. The zero-order chi connectivity index (χ0) is 20.5. The number of Topliss-reactive ketones (excluding diaryl/α,β-unsaturated/α-hetero) is 1. The van der Waals surface area contributed by atoms with Crippen LogP contribution in [-0.4, -0.2) is 24.6 Å². The Bertz CT molecular complexity index is 1100. The molecule has 0 amide bonds. The lowest BCUT2D eigenvalue weighted by molar-refractivity contribution is -0.689. The van der Waals surface area contributed by atoms with E-state index >= 15 is 0 Å². The van der Waals surface area contributed by atoms with Crippen LogP contribution >= 0.6 is 23.2 Å². The number of carbonyl (C=O) groups excluding carboxylic acids is 1. The summed E-state index contributed by atoms with van der Waals surface area (Å²) >= 11 is 12.3. The van der Waals surface area contributed by atoms with Crippen molar-refractivity contribution in [1.29, 1.82) is 0 Å². The molecule has 4 rings (SSSR count). The van der Waals surface area contributed by atoms with Gasteiger partial charge in [-0.1, -0.05) is 23.2 Å². The minimum absolute atomic E-state index is 0. The van der Waals surface area contributed by atoms with Crippen LogP contribution in [0.15, 0.2) is 42.6 Å². The van der Waals surface area contributed by atoms with E-state index in [1.54, 1.807) is 38.5 Å². The average molecular weight is 512 g/mol. The first-order valence-electron chi connectivity index (χ1n) is 9.34. The maximum absolute atomic E-state index is 13.0. The van der Waals surface area contributed by atoms with E-state index in [4.69, 9.17) is 32.7 Å². The molecular weight excluding hydrogens is 491 g/mol. The second kappa shape index (κ2) is 9.41. The fraction of sp³-hybridized carbons (Fsp3) is 0.273. The lowest BCUT2D eigenvalue weighted by atomic mass is 10.1. The van der Waals surface area contributed by atoms with Crippen molar-refractivity contribution in [1.82, 2.24) is 4.57 Å². The minimum atomic E-state index is 0. The van der Waals surface area contributed by atoms with Crippen LogP contribution < -0.4 is 31.0 Å². The Hall–Kier alpha value is -2.02. The number of carbonyl (C=O) groups is 1. The van der Waals surface area contributed by atoms with Crippen molar-refractivity contribution in [2.24, 2.45) is 0 Å². The molecule has 3 aromatic rings. The maximum atomic E-state index is 13.0. The van der Waals surface area contributed by atoms with E-state index in [9.17, 15) is 4.79 Å². The van der Waals surface area contributed by atoms with Crippen molar-refractivity contribution in [3.05, 3.63) is 64.0 Å². The number of ether oxygens (including phenoxy) is 2. The van der Waals surface area contributed by atoms with Crippen LogP contribution in [0.4, 0.5) is 0 Å². The van der Waals surface area contributed by atoms with E-state index in [2.05, 4.69) is 4.57 Å². The number of aromatic nitrogens is 2. The molecule has 1 aliphatic rings. The first-order valence-corrected chi connectivity index (χ1v) is 10.1. The molecule has 0 bridgehead atoms. The van der Waals surface area contributed by atoms with Crippen LogP contribution in [0.5, 0.6) is 11.5 Å². The summed E-state index contributed by atoms with van der Waals surface area (Å²) in [4.78, 5) is 13.0. The van der Waals surface area contributed by atoms with Crippen molar-refractivity contribution in [3.63, 3.8) is 0 Å². The van der Waals surface area contributed by atoms with Gasteiger partial charge in [0.2, 0.25) is 5.78 Å². The van der Waals surface area contributed by atoms with Gasteiger partial charge in [0.25, 0.3) is 5.82 Å². The summed E-state index contributed by atoms with van der Waals surface area (Å²) in [5.41, 5.74) is 2.61. The summed E-state index contributed by atoms with van der Waals surface area (Å²) in [6.45, 7) is 1.18. The van der Waals surface area contributed by atoms with Crippen molar-refractivity contribution in [3.8, 4) is 22.8 Å². The van der Waals surface area contributed by atoms with Gasteiger partial charge in [0.05, 0.1) is 37.2 Å².